The molecule has 0 amide bonds. The lowest BCUT2D eigenvalue weighted by Gasteiger charge is -2.02. The van der Waals surface area contributed by atoms with Gasteiger partial charge in [-0.15, -0.1) is 11.3 Å². The van der Waals surface area contributed by atoms with Crippen molar-refractivity contribution in [1.82, 2.24) is 14.6 Å². The quantitative estimate of drug-likeness (QED) is 0.389. The third kappa shape index (κ3) is 3.36. The van der Waals surface area contributed by atoms with Crippen molar-refractivity contribution in [3.8, 4) is 0 Å². The zero-order chi connectivity index (χ0) is 21.6. The summed E-state index contributed by atoms with van der Waals surface area (Å²) >= 11 is 7.16. The lowest BCUT2D eigenvalue weighted by atomic mass is 10.2. The predicted octanol–water partition coefficient (Wildman–Crippen LogP) is 4.60. The minimum absolute atomic E-state index is 0.0583. The van der Waals surface area contributed by atoms with Crippen molar-refractivity contribution in [2.24, 2.45) is 5.10 Å². The van der Waals surface area contributed by atoms with E-state index in [4.69, 9.17) is 17.3 Å². The van der Waals surface area contributed by atoms with E-state index >= 15 is 0 Å². The molecule has 0 radical (unpaired) electrons. The predicted molar refractivity (Wildman–Crippen MR) is 124 cm³/mol. The fraction of sp³-hybridized carbons (Fsp3) is 0. The van der Waals surface area contributed by atoms with E-state index < -0.39 is 9.84 Å². The number of para-hydroxylation sites is 2. The molecule has 7 nitrogen and oxygen atoms in total. The smallest absolute Gasteiger partial charge is 0.221 e. The molecule has 5 aromatic rings. The summed E-state index contributed by atoms with van der Waals surface area (Å²) in [7, 11) is -3.92. The van der Waals surface area contributed by atoms with Gasteiger partial charge in [0.2, 0.25) is 9.84 Å². The fourth-order valence-corrected chi connectivity index (χ4v) is 6.02. The van der Waals surface area contributed by atoms with Gasteiger partial charge in [-0.1, -0.05) is 41.9 Å². The number of hydrogen-bond acceptors (Lipinski definition) is 7. The number of anilines is 1. The Morgan fingerprint density at radius 2 is 1.81 bits per heavy atom. The van der Waals surface area contributed by atoms with Gasteiger partial charge >= 0.3 is 0 Å². The van der Waals surface area contributed by atoms with E-state index in [9.17, 15) is 8.42 Å². The Morgan fingerprint density at radius 3 is 2.52 bits per heavy atom. The summed E-state index contributed by atoms with van der Waals surface area (Å²) in [5.41, 5.74) is 8.66. The monoisotopic (exact) mass is 467 g/mol. The molecular weight excluding hydrogens is 454 g/mol. The van der Waals surface area contributed by atoms with E-state index in [1.54, 1.807) is 48.0 Å². The zero-order valence-corrected chi connectivity index (χ0v) is 18.2. The number of nitrogens with zero attached hydrogens (tertiary/aromatic N) is 4. The molecule has 154 valence electrons. The first-order chi connectivity index (χ1) is 14.9. The van der Waals surface area contributed by atoms with E-state index in [-0.39, 0.29) is 26.1 Å². The Balaban J connectivity index is 1.81. The van der Waals surface area contributed by atoms with Crippen molar-refractivity contribution < 1.29 is 8.42 Å². The molecule has 2 N–H and O–H groups in total. The highest BCUT2D eigenvalue weighted by atomic mass is 35.5. The Bertz CT molecular complexity index is 1570. The average Bonchev–Trinajstić information content (AvgIpc) is 3.38. The van der Waals surface area contributed by atoms with E-state index in [1.165, 1.54) is 10.7 Å². The van der Waals surface area contributed by atoms with Gasteiger partial charge in [0.15, 0.2) is 5.65 Å². The third-order valence-electron chi connectivity index (χ3n) is 4.63. The molecule has 2 aromatic carbocycles. The minimum Gasteiger partial charge on any atom is -0.382 e. The number of aromatic nitrogens is 3. The molecular formula is C21H14ClN5O2S2. The molecule has 3 aromatic heterocycles. The number of halogens is 1. The van der Waals surface area contributed by atoms with Gasteiger partial charge in [-0.05, 0) is 41.3 Å². The molecule has 10 heteroatoms. The number of hydrogen-bond donors (Lipinski definition) is 1. The van der Waals surface area contributed by atoms with Crippen LogP contribution in [-0.4, -0.2) is 29.3 Å². The van der Waals surface area contributed by atoms with Crippen molar-refractivity contribution in [1.29, 1.82) is 0 Å². The van der Waals surface area contributed by atoms with Crippen LogP contribution in [0.4, 0.5) is 5.82 Å². The first-order valence-corrected chi connectivity index (χ1v) is 11.8. The molecule has 0 atom stereocenters. The maximum Gasteiger partial charge on any atom is 0.221 e. The van der Waals surface area contributed by atoms with E-state index in [2.05, 4.69) is 15.1 Å². The van der Waals surface area contributed by atoms with Gasteiger partial charge in [-0.2, -0.15) is 9.78 Å². The number of fused-ring (bicyclic) bond motifs is 2. The number of nitrogens with two attached hydrogens (primary N) is 1. The molecule has 31 heavy (non-hydrogen) atoms. The third-order valence-corrected chi connectivity index (χ3v) is 8.08. The average molecular weight is 468 g/mol. The first kappa shape index (κ1) is 19.7. The van der Waals surface area contributed by atoms with Crippen LogP contribution in [0, 0.1) is 0 Å². The van der Waals surface area contributed by atoms with Crippen molar-refractivity contribution in [2.75, 3.05) is 5.73 Å². The highest BCUT2D eigenvalue weighted by molar-refractivity contribution is 7.93. The Kier molecular flexibility index (Phi) is 4.73. The van der Waals surface area contributed by atoms with Crippen LogP contribution in [0.5, 0.6) is 0 Å². The van der Waals surface area contributed by atoms with E-state index in [0.29, 0.717) is 16.1 Å². The highest BCUT2D eigenvalue weighted by Crippen LogP contribution is 2.36. The summed E-state index contributed by atoms with van der Waals surface area (Å²) in [4.78, 5) is 9.07. The van der Waals surface area contributed by atoms with Crippen LogP contribution in [-0.2, 0) is 9.84 Å². The van der Waals surface area contributed by atoms with Crippen molar-refractivity contribution in [2.45, 2.75) is 9.10 Å². The van der Waals surface area contributed by atoms with Crippen LogP contribution in [0.25, 0.3) is 22.2 Å². The molecule has 0 aliphatic rings. The number of nitrogen functional groups attached to an aromatic ring is 1. The largest absolute Gasteiger partial charge is 0.382 e. The Hall–Kier alpha value is -3.27. The second-order valence-electron chi connectivity index (χ2n) is 6.65. The van der Waals surface area contributed by atoms with Crippen LogP contribution < -0.4 is 5.73 Å². The highest BCUT2D eigenvalue weighted by Gasteiger charge is 2.31. The lowest BCUT2D eigenvalue weighted by molar-refractivity contribution is 0.599. The molecule has 0 unspecified atom stereocenters. The van der Waals surface area contributed by atoms with Gasteiger partial charge in [0.05, 0.1) is 17.2 Å². The number of rotatable bonds is 4. The molecule has 0 spiro atoms. The Labute approximate surface area is 186 Å². The fourth-order valence-electron chi connectivity index (χ4n) is 3.23. The van der Waals surface area contributed by atoms with Gasteiger partial charge < -0.3 is 5.73 Å². The summed E-state index contributed by atoms with van der Waals surface area (Å²) in [6.45, 7) is 0. The van der Waals surface area contributed by atoms with Crippen molar-refractivity contribution in [3.63, 3.8) is 0 Å². The molecule has 0 aliphatic heterocycles. The molecule has 5 rings (SSSR count). The molecule has 0 aliphatic carbocycles. The minimum atomic E-state index is -3.92. The number of sulfone groups is 1. The van der Waals surface area contributed by atoms with Crippen molar-refractivity contribution in [3.05, 3.63) is 76.6 Å². The maximum atomic E-state index is 13.4. The molecule has 0 bridgehead atoms. The second kappa shape index (κ2) is 7.45. The van der Waals surface area contributed by atoms with Crippen molar-refractivity contribution >= 4 is 67.0 Å². The van der Waals surface area contributed by atoms with E-state index in [1.807, 2.05) is 18.2 Å². The van der Waals surface area contributed by atoms with Crippen LogP contribution in [0.1, 0.15) is 5.56 Å². The summed E-state index contributed by atoms with van der Waals surface area (Å²) in [6, 6.07) is 17.5. The second-order valence-corrected chi connectivity index (χ2v) is 10.1. The summed E-state index contributed by atoms with van der Waals surface area (Å²) in [5.74, 6) is -0.0583. The van der Waals surface area contributed by atoms with Gasteiger partial charge in [-0.25, -0.2) is 18.4 Å². The summed E-state index contributed by atoms with van der Waals surface area (Å²) < 4.78 is 28.2. The van der Waals surface area contributed by atoms with Crippen LogP contribution in [0.2, 0.25) is 5.02 Å². The van der Waals surface area contributed by atoms with E-state index in [0.717, 1.165) is 16.9 Å². The Morgan fingerprint density at radius 1 is 1.03 bits per heavy atom. The van der Waals surface area contributed by atoms with Crippen LogP contribution in [0.15, 0.2) is 80.2 Å². The molecule has 0 saturated heterocycles. The lowest BCUT2D eigenvalue weighted by Crippen LogP contribution is -2.05. The summed E-state index contributed by atoms with van der Waals surface area (Å²) in [5, 5.41) is 6.66. The molecule has 3 heterocycles. The van der Waals surface area contributed by atoms with Crippen LogP contribution >= 0.6 is 22.9 Å². The zero-order valence-electron chi connectivity index (χ0n) is 15.8. The number of thiophene rings is 1. The molecule has 0 fully saturated rings. The van der Waals surface area contributed by atoms with Gasteiger partial charge in [0.1, 0.15) is 20.4 Å². The van der Waals surface area contributed by atoms with Gasteiger partial charge in [0, 0.05) is 5.02 Å². The van der Waals surface area contributed by atoms with Gasteiger partial charge in [0.25, 0.3) is 0 Å². The summed E-state index contributed by atoms with van der Waals surface area (Å²) in [6.07, 6.45) is 1.54. The standard InChI is InChI=1S/C21H14ClN5O2S2/c22-14-6-3-5-13(11-14)12-24-27-20(23)19(31(28,29)17-9-4-10-30-17)18-21(27)26-16-8-2-1-7-15(16)25-18/h1-12H,23H2/b24-12+. The maximum absolute atomic E-state index is 13.4. The topological polar surface area (TPSA) is 103 Å². The molecule has 0 saturated carbocycles. The SMILES string of the molecule is Nc1c(S(=O)(=O)c2cccs2)c2nc3ccccc3nc2n1/N=C/c1cccc(Cl)c1. The number of benzene rings is 2. The van der Waals surface area contributed by atoms with Crippen LogP contribution in [0.3, 0.4) is 0 Å². The normalized spacial score (nSPS) is 12.3. The first-order valence-electron chi connectivity index (χ1n) is 9.10. The van der Waals surface area contributed by atoms with Gasteiger partial charge in [-0.3, -0.25) is 0 Å².